The van der Waals surface area contributed by atoms with Crippen molar-refractivity contribution in [3.63, 3.8) is 0 Å². The number of amides is 1. The second-order valence-corrected chi connectivity index (χ2v) is 4.23. The standard InChI is InChI=1S/C15H13NO3/c17-14-15(18-10-11-6-2-1-3-7-11)19-13-9-5-4-8-12(13)16-14/h1-9,15H,10H2,(H,16,17). The highest BCUT2D eigenvalue weighted by Gasteiger charge is 2.27. The second-order valence-electron chi connectivity index (χ2n) is 4.23. The maximum absolute atomic E-state index is 11.8. The Morgan fingerprint density at radius 2 is 1.79 bits per heavy atom. The van der Waals surface area contributed by atoms with Crippen LogP contribution in [0, 0.1) is 0 Å². The summed E-state index contributed by atoms with van der Waals surface area (Å²) in [5.74, 6) is 0.342. The molecule has 1 aliphatic rings. The van der Waals surface area contributed by atoms with Crippen LogP contribution in [0.4, 0.5) is 5.69 Å². The zero-order valence-corrected chi connectivity index (χ0v) is 10.2. The van der Waals surface area contributed by atoms with Gasteiger partial charge in [0, 0.05) is 0 Å². The van der Waals surface area contributed by atoms with E-state index in [1.165, 1.54) is 0 Å². The van der Waals surface area contributed by atoms with Gasteiger partial charge in [-0.15, -0.1) is 0 Å². The van der Waals surface area contributed by atoms with Gasteiger partial charge in [0.1, 0.15) is 5.75 Å². The maximum Gasteiger partial charge on any atom is 0.294 e. The Hall–Kier alpha value is -2.33. The third kappa shape index (κ3) is 2.58. The Balaban J connectivity index is 1.68. The van der Waals surface area contributed by atoms with Crippen molar-refractivity contribution in [1.29, 1.82) is 0 Å². The molecule has 0 bridgehead atoms. The van der Waals surface area contributed by atoms with E-state index in [1.807, 2.05) is 42.5 Å². The Morgan fingerprint density at radius 3 is 2.63 bits per heavy atom. The molecule has 1 aliphatic heterocycles. The van der Waals surface area contributed by atoms with Crippen LogP contribution in [0.2, 0.25) is 0 Å². The van der Waals surface area contributed by atoms with Gasteiger partial charge in [0.05, 0.1) is 12.3 Å². The van der Waals surface area contributed by atoms with Crippen molar-refractivity contribution in [2.45, 2.75) is 12.9 Å². The van der Waals surface area contributed by atoms with Crippen LogP contribution >= 0.6 is 0 Å². The van der Waals surface area contributed by atoms with E-state index in [1.54, 1.807) is 12.1 Å². The van der Waals surface area contributed by atoms with Gasteiger partial charge >= 0.3 is 0 Å². The summed E-state index contributed by atoms with van der Waals surface area (Å²) in [4.78, 5) is 11.8. The fourth-order valence-corrected chi connectivity index (χ4v) is 1.89. The van der Waals surface area contributed by atoms with Gasteiger partial charge in [-0.2, -0.15) is 0 Å². The van der Waals surface area contributed by atoms with E-state index in [4.69, 9.17) is 9.47 Å². The molecule has 0 fully saturated rings. The topological polar surface area (TPSA) is 47.6 Å². The number of fused-ring (bicyclic) bond motifs is 1. The molecular formula is C15H13NO3. The molecule has 1 heterocycles. The molecule has 96 valence electrons. The van der Waals surface area contributed by atoms with E-state index >= 15 is 0 Å². The number of carbonyl (C=O) groups excluding carboxylic acids is 1. The highest BCUT2D eigenvalue weighted by Crippen LogP contribution is 2.29. The van der Waals surface area contributed by atoms with Crippen LogP contribution in [0.25, 0.3) is 0 Å². The SMILES string of the molecule is O=C1Nc2ccccc2OC1OCc1ccccc1. The van der Waals surface area contributed by atoms with E-state index in [-0.39, 0.29) is 5.91 Å². The molecule has 1 amide bonds. The number of anilines is 1. The molecule has 4 heteroatoms. The van der Waals surface area contributed by atoms with Crippen molar-refractivity contribution in [2.24, 2.45) is 0 Å². The van der Waals surface area contributed by atoms with Gasteiger partial charge in [0.25, 0.3) is 12.2 Å². The summed E-state index contributed by atoms with van der Waals surface area (Å²) in [5.41, 5.74) is 1.67. The first-order valence-electron chi connectivity index (χ1n) is 6.05. The quantitative estimate of drug-likeness (QED) is 0.916. The van der Waals surface area contributed by atoms with E-state index in [0.29, 0.717) is 18.0 Å². The zero-order chi connectivity index (χ0) is 13.1. The molecule has 2 aromatic carbocycles. The normalized spacial score (nSPS) is 17.3. The molecule has 0 spiro atoms. The molecule has 0 aromatic heterocycles. The molecule has 2 aromatic rings. The molecule has 1 unspecified atom stereocenters. The number of benzene rings is 2. The zero-order valence-electron chi connectivity index (χ0n) is 10.2. The minimum absolute atomic E-state index is 0.283. The van der Waals surface area contributed by atoms with Gasteiger partial charge in [-0.3, -0.25) is 4.79 Å². The third-order valence-electron chi connectivity index (χ3n) is 2.84. The Morgan fingerprint density at radius 1 is 1.05 bits per heavy atom. The Labute approximate surface area is 111 Å². The third-order valence-corrected chi connectivity index (χ3v) is 2.84. The molecule has 19 heavy (non-hydrogen) atoms. The summed E-state index contributed by atoms with van der Waals surface area (Å²) in [6, 6.07) is 16.9. The van der Waals surface area contributed by atoms with Gasteiger partial charge in [-0.25, -0.2) is 0 Å². The molecule has 3 rings (SSSR count). The first kappa shape index (κ1) is 11.7. The van der Waals surface area contributed by atoms with E-state index < -0.39 is 6.29 Å². The predicted octanol–water partition coefficient (Wildman–Crippen LogP) is 2.56. The first-order valence-corrected chi connectivity index (χ1v) is 6.05. The van der Waals surface area contributed by atoms with Gasteiger partial charge in [-0.05, 0) is 17.7 Å². The van der Waals surface area contributed by atoms with Gasteiger partial charge in [0.15, 0.2) is 0 Å². The second kappa shape index (κ2) is 5.12. The predicted molar refractivity (Wildman–Crippen MR) is 70.7 cm³/mol. The summed E-state index contributed by atoms with van der Waals surface area (Å²) < 4.78 is 11.0. The van der Waals surface area contributed by atoms with Crippen molar-refractivity contribution in [2.75, 3.05) is 5.32 Å². The molecule has 1 atom stereocenters. The molecule has 0 aliphatic carbocycles. The first-order chi connectivity index (χ1) is 9.33. The molecule has 0 saturated heterocycles. The highest BCUT2D eigenvalue weighted by molar-refractivity contribution is 5.96. The van der Waals surface area contributed by atoms with Crippen LogP contribution in [-0.4, -0.2) is 12.2 Å². The largest absolute Gasteiger partial charge is 0.453 e. The van der Waals surface area contributed by atoms with Crippen molar-refractivity contribution < 1.29 is 14.3 Å². The average Bonchev–Trinajstić information content (AvgIpc) is 2.46. The summed E-state index contributed by atoms with van der Waals surface area (Å²) in [5, 5.41) is 2.76. The number of carbonyl (C=O) groups is 1. The maximum atomic E-state index is 11.8. The molecule has 0 saturated carbocycles. The Kier molecular flexibility index (Phi) is 3.16. The molecule has 0 radical (unpaired) electrons. The lowest BCUT2D eigenvalue weighted by Gasteiger charge is -2.25. The average molecular weight is 255 g/mol. The Bertz CT molecular complexity index is 583. The van der Waals surface area contributed by atoms with Crippen LogP contribution in [0.3, 0.4) is 0 Å². The minimum atomic E-state index is -0.907. The number of rotatable bonds is 3. The monoisotopic (exact) mass is 255 g/mol. The lowest BCUT2D eigenvalue weighted by atomic mass is 10.2. The lowest BCUT2D eigenvalue weighted by molar-refractivity contribution is -0.150. The summed E-state index contributed by atoms with van der Waals surface area (Å²) >= 11 is 0. The van der Waals surface area contributed by atoms with E-state index in [2.05, 4.69) is 5.32 Å². The fraction of sp³-hybridized carbons (Fsp3) is 0.133. The van der Waals surface area contributed by atoms with Gasteiger partial charge in [-0.1, -0.05) is 42.5 Å². The summed E-state index contributed by atoms with van der Waals surface area (Å²) in [6.45, 7) is 0.334. The smallest absolute Gasteiger partial charge is 0.294 e. The van der Waals surface area contributed by atoms with Crippen molar-refractivity contribution in [3.8, 4) is 5.75 Å². The van der Waals surface area contributed by atoms with Crippen LogP contribution < -0.4 is 10.1 Å². The molecule has 1 N–H and O–H groups in total. The van der Waals surface area contributed by atoms with Crippen LogP contribution in [0.5, 0.6) is 5.75 Å². The van der Waals surface area contributed by atoms with Crippen LogP contribution in [0.15, 0.2) is 54.6 Å². The van der Waals surface area contributed by atoms with Crippen molar-refractivity contribution in [1.82, 2.24) is 0 Å². The van der Waals surface area contributed by atoms with Crippen molar-refractivity contribution >= 4 is 11.6 Å². The molecular weight excluding hydrogens is 242 g/mol. The van der Waals surface area contributed by atoms with Crippen LogP contribution in [0.1, 0.15) is 5.56 Å². The lowest BCUT2D eigenvalue weighted by Crippen LogP contribution is -2.38. The number of nitrogens with one attached hydrogen (secondary N) is 1. The van der Waals surface area contributed by atoms with E-state index in [9.17, 15) is 4.79 Å². The van der Waals surface area contributed by atoms with Crippen LogP contribution in [-0.2, 0) is 16.1 Å². The minimum Gasteiger partial charge on any atom is -0.453 e. The fourth-order valence-electron chi connectivity index (χ4n) is 1.89. The van der Waals surface area contributed by atoms with Gasteiger partial charge in [0.2, 0.25) is 0 Å². The van der Waals surface area contributed by atoms with E-state index in [0.717, 1.165) is 5.56 Å². The summed E-state index contributed by atoms with van der Waals surface area (Å²) in [7, 11) is 0. The van der Waals surface area contributed by atoms with Crippen molar-refractivity contribution in [3.05, 3.63) is 60.2 Å². The molecule has 4 nitrogen and oxygen atoms in total. The number of hydrogen-bond donors (Lipinski definition) is 1. The summed E-state index contributed by atoms with van der Waals surface area (Å²) in [6.07, 6.45) is -0.907. The highest BCUT2D eigenvalue weighted by atomic mass is 16.7. The number of hydrogen-bond acceptors (Lipinski definition) is 3. The number of ether oxygens (including phenoxy) is 2. The van der Waals surface area contributed by atoms with Gasteiger partial charge < -0.3 is 14.8 Å². The number of para-hydroxylation sites is 2.